The van der Waals surface area contributed by atoms with Gasteiger partial charge in [-0.05, 0) is 24.1 Å². The van der Waals surface area contributed by atoms with Gasteiger partial charge in [-0.3, -0.25) is 4.68 Å². The van der Waals surface area contributed by atoms with Crippen molar-refractivity contribution < 1.29 is 9.84 Å². The predicted molar refractivity (Wildman–Crippen MR) is 84.2 cm³/mol. The van der Waals surface area contributed by atoms with Crippen molar-refractivity contribution in [3.05, 3.63) is 45.7 Å². The first-order chi connectivity index (χ1) is 10.1. The molecule has 0 aliphatic carbocycles. The summed E-state index contributed by atoms with van der Waals surface area (Å²) in [5.41, 5.74) is 1.50. The zero-order valence-corrected chi connectivity index (χ0v) is 13.5. The van der Waals surface area contributed by atoms with Crippen LogP contribution in [0.4, 0.5) is 0 Å². The van der Waals surface area contributed by atoms with E-state index in [4.69, 9.17) is 27.9 Å². The Morgan fingerprint density at radius 1 is 1.38 bits per heavy atom. The first-order valence-corrected chi connectivity index (χ1v) is 7.54. The van der Waals surface area contributed by atoms with Gasteiger partial charge in [-0.25, -0.2) is 0 Å². The molecule has 0 spiro atoms. The third-order valence-corrected chi connectivity index (χ3v) is 3.83. The lowest BCUT2D eigenvalue weighted by Crippen LogP contribution is -2.12. The lowest BCUT2D eigenvalue weighted by Gasteiger charge is -2.15. The maximum Gasteiger partial charge on any atom is 0.162 e. The number of ether oxygens (including phenoxy) is 1. The van der Waals surface area contributed by atoms with Gasteiger partial charge in [-0.1, -0.05) is 36.2 Å². The molecule has 1 atom stereocenters. The highest BCUT2D eigenvalue weighted by molar-refractivity contribution is 6.35. The van der Waals surface area contributed by atoms with E-state index >= 15 is 0 Å². The molecule has 0 bridgehead atoms. The Labute approximate surface area is 134 Å². The SMILES string of the molecule is CCCn1ncc(OC)c1C(O)Cc1ccc(Cl)cc1Cl. The Kier molecular flexibility index (Phi) is 5.51. The lowest BCUT2D eigenvalue weighted by molar-refractivity contribution is 0.162. The average Bonchev–Trinajstić information content (AvgIpc) is 2.85. The van der Waals surface area contributed by atoms with E-state index in [2.05, 4.69) is 12.0 Å². The summed E-state index contributed by atoms with van der Waals surface area (Å²) in [5.74, 6) is 0.584. The standard InChI is InChI=1S/C15H18Cl2N2O2/c1-3-6-19-15(14(21-2)9-18-19)13(20)7-10-4-5-11(16)8-12(10)17/h4-5,8-9,13,20H,3,6-7H2,1-2H3. The van der Waals surface area contributed by atoms with Gasteiger partial charge in [0, 0.05) is 23.0 Å². The molecule has 4 nitrogen and oxygen atoms in total. The van der Waals surface area contributed by atoms with Gasteiger partial charge in [-0.15, -0.1) is 0 Å². The molecular weight excluding hydrogens is 311 g/mol. The summed E-state index contributed by atoms with van der Waals surface area (Å²) in [6, 6.07) is 5.25. The smallest absolute Gasteiger partial charge is 0.162 e. The van der Waals surface area contributed by atoms with Gasteiger partial charge < -0.3 is 9.84 Å². The van der Waals surface area contributed by atoms with Crippen LogP contribution in [0.5, 0.6) is 5.75 Å². The van der Waals surface area contributed by atoms with Crippen molar-refractivity contribution in [1.29, 1.82) is 0 Å². The molecule has 1 aromatic heterocycles. The van der Waals surface area contributed by atoms with Crippen molar-refractivity contribution in [1.82, 2.24) is 9.78 Å². The minimum absolute atomic E-state index is 0.377. The Morgan fingerprint density at radius 2 is 2.14 bits per heavy atom. The van der Waals surface area contributed by atoms with Crippen LogP contribution in [0.2, 0.25) is 10.0 Å². The Morgan fingerprint density at radius 3 is 2.76 bits per heavy atom. The minimum Gasteiger partial charge on any atom is -0.493 e. The van der Waals surface area contributed by atoms with Gasteiger partial charge in [0.15, 0.2) is 5.75 Å². The van der Waals surface area contributed by atoms with Crippen LogP contribution in [0.15, 0.2) is 24.4 Å². The summed E-state index contributed by atoms with van der Waals surface area (Å²) in [7, 11) is 1.57. The van der Waals surface area contributed by atoms with E-state index in [9.17, 15) is 5.11 Å². The topological polar surface area (TPSA) is 47.3 Å². The van der Waals surface area contributed by atoms with Crippen molar-refractivity contribution >= 4 is 23.2 Å². The van der Waals surface area contributed by atoms with Crippen LogP contribution in [0.1, 0.15) is 30.7 Å². The molecule has 0 radical (unpaired) electrons. The summed E-state index contributed by atoms with van der Waals surface area (Å²) in [6.07, 6.45) is 2.18. The molecule has 1 N–H and O–H groups in total. The third-order valence-electron chi connectivity index (χ3n) is 3.24. The number of aliphatic hydroxyl groups excluding tert-OH is 1. The van der Waals surface area contributed by atoms with E-state index < -0.39 is 6.10 Å². The highest BCUT2D eigenvalue weighted by atomic mass is 35.5. The van der Waals surface area contributed by atoms with E-state index in [0.717, 1.165) is 18.5 Å². The van der Waals surface area contributed by atoms with Crippen molar-refractivity contribution in [3.8, 4) is 5.75 Å². The van der Waals surface area contributed by atoms with Gasteiger partial charge in [0.1, 0.15) is 11.8 Å². The number of hydrogen-bond acceptors (Lipinski definition) is 3. The molecule has 0 amide bonds. The normalized spacial score (nSPS) is 12.4. The predicted octanol–water partition coefficient (Wildman–Crippen LogP) is 3.88. The quantitative estimate of drug-likeness (QED) is 0.875. The summed E-state index contributed by atoms with van der Waals surface area (Å²) in [4.78, 5) is 0. The molecule has 6 heteroatoms. The largest absolute Gasteiger partial charge is 0.493 e. The number of rotatable bonds is 6. The number of benzene rings is 1. The molecule has 21 heavy (non-hydrogen) atoms. The van der Waals surface area contributed by atoms with E-state index in [1.807, 2.05) is 6.07 Å². The molecule has 2 aromatic rings. The van der Waals surface area contributed by atoms with Gasteiger partial charge in [-0.2, -0.15) is 5.10 Å². The molecule has 0 aliphatic heterocycles. The molecule has 0 fully saturated rings. The van der Waals surface area contributed by atoms with Crippen molar-refractivity contribution in [2.45, 2.75) is 32.4 Å². The van der Waals surface area contributed by atoms with Crippen LogP contribution < -0.4 is 4.74 Å². The second kappa shape index (κ2) is 7.16. The number of nitrogens with zero attached hydrogens (tertiary/aromatic N) is 2. The van der Waals surface area contributed by atoms with E-state index in [1.165, 1.54) is 0 Å². The molecule has 1 aromatic carbocycles. The number of hydrogen-bond donors (Lipinski definition) is 1. The highest BCUT2D eigenvalue weighted by Crippen LogP contribution is 2.30. The molecular formula is C15H18Cl2N2O2. The van der Waals surface area contributed by atoms with Gasteiger partial charge in [0.05, 0.1) is 13.3 Å². The van der Waals surface area contributed by atoms with Crippen LogP contribution in [0.3, 0.4) is 0 Å². The van der Waals surface area contributed by atoms with E-state index in [0.29, 0.717) is 27.9 Å². The Hall–Kier alpha value is -1.23. The Balaban J connectivity index is 2.27. The van der Waals surface area contributed by atoms with E-state index in [1.54, 1.807) is 30.1 Å². The Bertz CT molecular complexity index is 614. The lowest BCUT2D eigenvalue weighted by atomic mass is 10.1. The number of aromatic nitrogens is 2. The first-order valence-electron chi connectivity index (χ1n) is 6.78. The maximum atomic E-state index is 10.5. The minimum atomic E-state index is -0.743. The number of aryl methyl sites for hydroxylation is 1. The number of halogens is 2. The monoisotopic (exact) mass is 328 g/mol. The second-order valence-electron chi connectivity index (χ2n) is 4.78. The van der Waals surface area contributed by atoms with Crippen molar-refractivity contribution in [2.24, 2.45) is 0 Å². The number of aliphatic hydroxyl groups is 1. The van der Waals surface area contributed by atoms with Gasteiger partial charge >= 0.3 is 0 Å². The van der Waals surface area contributed by atoms with Crippen LogP contribution >= 0.6 is 23.2 Å². The summed E-state index contributed by atoms with van der Waals surface area (Å²) in [6.45, 7) is 2.78. The van der Waals surface area contributed by atoms with Crippen LogP contribution in [0.25, 0.3) is 0 Å². The molecule has 2 rings (SSSR count). The van der Waals surface area contributed by atoms with Gasteiger partial charge in [0.25, 0.3) is 0 Å². The number of methoxy groups -OCH3 is 1. The van der Waals surface area contributed by atoms with Crippen LogP contribution in [-0.4, -0.2) is 22.0 Å². The molecule has 0 saturated heterocycles. The molecule has 0 saturated carbocycles. The molecule has 1 heterocycles. The summed E-state index contributed by atoms with van der Waals surface area (Å²) < 4.78 is 7.05. The first kappa shape index (κ1) is 16.1. The zero-order valence-electron chi connectivity index (χ0n) is 12.0. The van der Waals surface area contributed by atoms with Crippen LogP contribution in [-0.2, 0) is 13.0 Å². The average molecular weight is 329 g/mol. The van der Waals surface area contributed by atoms with E-state index in [-0.39, 0.29) is 0 Å². The maximum absolute atomic E-state index is 10.5. The van der Waals surface area contributed by atoms with Crippen molar-refractivity contribution in [2.75, 3.05) is 7.11 Å². The molecule has 1 unspecified atom stereocenters. The fraction of sp³-hybridized carbons (Fsp3) is 0.400. The fourth-order valence-electron chi connectivity index (χ4n) is 2.25. The molecule has 114 valence electrons. The fourth-order valence-corrected chi connectivity index (χ4v) is 2.74. The second-order valence-corrected chi connectivity index (χ2v) is 5.62. The van der Waals surface area contributed by atoms with Gasteiger partial charge in [0.2, 0.25) is 0 Å². The van der Waals surface area contributed by atoms with Crippen molar-refractivity contribution in [3.63, 3.8) is 0 Å². The summed E-state index contributed by atoms with van der Waals surface area (Å²) >= 11 is 12.0. The summed E-state index contributed by atoms with van der Waals surface area (Å²) in [5, 5.41) is 15.9. The third kappa shape index (κ3) is 3.70. The van der Waals surface area contributed by atoms with Crippen LogP contribution in [0, 0.1) is 0 Å². The highest BCUT2D eigenvalue weighted by Gasteiger charge is 2.21. The zero-order chi connectivity index (χ0) is 15.4. The molecule has 0 aliphatic rings.